The van der Waals surface area contributed by atoms with Crippen LogP contribution in [0, 0.1) is 13.8 Å². The molecule has 4 aromatic rings. The van der Waals surface area contributed by atoms with Gasteiger partial charge in [-0.2, -0.15) is 0 Å². The molecule has 5 heteroatoms. The molecule has 0 bridgehead atoms. The van der Waals surface area contributed by atoms with Gasteiger partial charge in [0.2, 0.25) is 0 Å². The normalized spacial score (nSPS) is 16.6. The van der Waals surface area contributed by atoms with Gasteiger partial charge >= 0.3 is 0 Å². The van der Waals surface area contributed by atoms with E-state index < -0.39 is 0 Å². The van der Waals surface area contributed by atoms with E-state index in [4.69, 9.17) is 12.3 Å². The lowest BCUT2D eigenvalue weighted by atomic mass is 9.93. The Morgan fingerprint density at radius 3 is 2.53 bits per heavy atom. The molecule has 55 heavy (non-hydrogen) atoms. The number of allylic oxidation sites excluding steroid dienone is 11. The number of aromatic nitrogens is 2. The highest BCUT2D eigenvalue weighted by Crippen LogP contribution is 2.46. The quantitative estimate of drug-likeness (QED) is 0.160. The molecular weight excluding hydrogens is 671 g/mol. The number of hydrogen-bond acceptors (Lipinski definition) is 3. The monoisotopic (exact) mass is 721 g/mol. The van der Waals surface area contributed by atoms with Gasteiger partial charge in [-0.15, -0.1) is 0 Å². The molecule has 3 N–H and O–H groups in total. The third-order valence-electron chi connectivity index (χ3n) is 11.1. The number of nitrogens with two attached hydrogens (primary N) is 1. The minimum Gasteiger partial charge on any atom is -0.357 e. The van der Waals surface area contributed by atoms with Crippen LogP contribution in [0.5, 0.6) is 0 Å². The first kappa shape index (κ1) is 36.0. The van der Waals surface area contributed by atoms with Crippen molar-refractivity contribution in [2.75, 3.05) is 4.90 Å². The second-order valence-corrected chi connectivity index (χ2v) is 14.8. The van der Waals surface area contributed by atoms with Crippen molar-refractivity contribution in [3.8, 4) is 5.69 Å². The van der Waals surface area contributed by atoms with Crippen LogP contribution in [0.25, 0.3) is 30.0 Å². The first-order valence-corrected chi connectivity index (χ1v) is 19.6. The summed E-state index contributed by atoms with van der Waals surface area (Å²) in [4.78, 5) is 2.41. The van der Waals surface area contributed by atoms with Gasteiger partial charge in [-0.1, -0.05) is 98.2 Å². The minimum absolute atomic E-state index is 0.362. The van der Waals surface area contributed by atoms with E-state index in [-0.39, 0.29) is 0 Å². The number of nitrogens with one attached hydrogen (secondary N) is 1. The van der Waals surface area contributed by atoms with Crippen molar-refractivity contribution in [2.45, 2.75) is 66.0 Å². The molecule has 0 atom stereocenters. The van der Waals surface area contributed by atoms with E-state index in [9.17, 15) is 0 Å². The van der Waals surface area contributed by atoms with E-state index in [1.807, 2.05) is 0 Å². The topological polar surface area (TPSA) is 51.1 Å². The Labute approximate surface area is 325 Å². The van der Waals surface area contributed by atoms with Crippen LogP contribution in [0.2, 0.25) is 0 Å². The van der Waals surface area contributed by atoms with Crippen molar-refractivity contribution in [3.05, 3.63) is 194 Å². The lowest BCUT2D eigenvalue weighted by Crippen LogP contribution is -2.31. The fourth-order valence-corrected chi connectivity index (χ4v) is 8.64. The average molecular weight is 722 g/mol. The van der Waals surface area contributed by atoms with Crippen molar-refractivity contribution in [3.63, 3.8) is 0 Å². The summed E-state index contributed by atoms with van der Waals surface area (Å²) in [6, 6.07) is 19.4. The molecule has 3 aliphatic carbocycles. The number of rotatable bonds is 10. The molecule has 0 amide bonds. The first-order valence-electron chi connectivity index (χ1n) is 19.6. The molecule has 5 nitrogen and oxygen atoms in total. The van der Waals surface area contributed by atoms with Crippen LogP contribution in [-0.4, -0.2) is 9.13 Å². The minimum atomic E-state index is 0.362. The highest BCUT2D eigenvalue weighted by Gasteiger charge is 2.34. The second kappa shape index (κ2) is 15.4. The molecule has 4 aliphatic rings. The van der Waals surface area contributed by atoms with Gasteiger partial charge in [0, 0.05) is 68.6 Å². The van der Waals surface area contributed by atoms with Crippen LogP contribution in [0.1, 0.15) is 66.2 Å². The van der Waals surface area contributed by atoms with Crippen molar-refractivity contribution in [2.24, 2.45) is 5.73 Å². The molecule has 1 aliphatic heterocycles. The molecule has 0 saturated heterocycles. The maximum absolute atomic E-state index is 6.67. The molecule has 276 valence electrons. The van der Waals surface area contributed by atoms with Crippen molar-refractivity contribution in [1.82, 2.24) is 14.5 Å². The summed E-state index contributed by atoms with van der Waals surface area (Å²) in [7, 11) is 0. The van der Waals surface area contributed by atoms with Gasteiger partial charge < -0.3 is 20.2 Å². The first-order chi connectivity index (χ1) is 26.9. The van der Waals surface area contributed by atoms with E-state index >= 15 is 0 Å². The summed E-state index contributed by atoms with van der Waals surface area (Å²) in [5.74, 6) is 1.10. The second-order valence-electron chi connectivity index (χ2n) is 14.8. The zero-order valence-electron chi connectivity index (χ0n) is 32.4. The predicted octanol–water partition coefficient (Wildman–Crippen LogP) is 9.79. The summed E-state index contributed by atoms with van der Waals surface area (Å²) in [5, 5.41) is 6.46. The Hall–Kier alpha value is -6.04. The Morgan fingerprint density at radius 2 is 1.76 bits per heavy atom. The third-order valence-corrected chi connectivity index (χ3v) is 11.1. The largest absolute Gasteiger partial charge is 0.357 e. The number of anilines is 2. The Bertz CT molecular complexity index is 2550. The van der Waals surface area contributed by atoms with Crippen LogP contribution in [-0.2, 0) is 19.5 Å². The summed E-state index contributed by atoms with van der Waals surface area (Å²) < 4.78 is 4.70. The number of hydrogen-bond donors (Lipinski definition) is 2. The fourth-order valence-electron chi connectivity index (χ4n) is 8.64. The molecule has 2 aromatic carbocycles. The molecule has 3 heterocycles. The van der Waals surface area contributed by atoms with Crippen LogP contribution in [0.15, 0.2) is 150 Å². The van der Waals surface area contributed by atoms with Gasteiger partial charge in [0.15, 0.2) is 0 Å². The van der Waals surface area contributed by atoms with E-state index in [0.717, 1.165) is 83.8 Å². The van der Waals surface area contributed by atoms with Crippen molar-refractivity contribution in [1.29, 1.82) is 0 Å². The average Bonchev–Trinajstić information content (AvgIpc) is 3.88. The molecular formula is C50H51N5. The van der Waals surface area contributed by atoms with Crippen LogP contribution in [0.4, 0.5) is 11.5 Å². The maximum atomic E-state index is 6.67. The van der Waals surface area contributed by atoms with E-state index in [1.165, 1.54) is 49.9 Å². The Balaban J connectivity index is 1.31. The molecule has 0 radical (unpaired) electrons. The highest BCUT2D eigenvalue weighted by molar-refractivity contribution is 5.81. The number of nitrogens with zero attached hydrogens (tertiary/aromatic N) is 3. The standard InChI is InChI=1S/C50H51N5/c1-6-17-41-36(4)32-45-44-25-12-14-26-47(44)53(33-51)50(45)55(39-21-8-7-9-22-39)49(41)46(52-38-19-10-11-20-38)31-35(3)28-29-42-37(5)54(40-23-16-18-34(2)30-40)48-27-15-13-24-43(42)48/h6-11,14,16-19,21-24,26-31,52H,3-4,12-13,15,20,25,32-33,51H2,1-2,5H3/b17-6-,29-28-,46-31-. The zero-order chi connectivity index (χ0) is 38.1. The van der Waals surface area contributed by atoms with Crippen molar-refractivity contribution < 1.29 is 0 Å². The van der Waals surface area contributed by atoms with Gasteiger partial charge in [0.1, 0.15) is 5.82 Å². The molecule has 0 fully saturated rings. The lowest BCUT2D eigenvalue weighted by Gasteiger charge is -2.32. The van der Waals surface area contributed by atoms with Gasteiger partial charge in [0.05, 0.1) is 18.1 Å². The Morgan fingerprint density at radius 1 is 0.945 bits per heavy atom. The van der Waals surface area contributed by atoms with Crippen molar-refractivity contribution >= 4 is 35.8 Å². The number of fused-ring (bicyclic) bond motifs is 4. The third kappa shape index (κ3) is 6.70. The summed E-state index contributed by atoms with van der Waals surface area (Å²) in [5.41, 5.74) is 22.6. The van der Waals surface area contributed by atoms with Crippen LogP contribution >= 0.6 is 0 Å². The SMILES string of the molecule is C=C(/C=C\c1c(C)n(-c2cccc(C)c2)c2c1=CCCC=2)/C=C(\NC1=CC=CC1)C1=C(/C=C\C)C(=C)Cc2c3c(n(CN)c2N1c1ccccc1)C=CCC3. The van der Waals surface area contributed by atoms with Gasteiger partial charge in [-0.05, 0) is 111 Å². The number of aryl methyl sites for hydroxylation is 1. The molecule has 0 spiro atoms. The molecule has 0 saturated carbocycles. The molecule has 2 aromatic heterocycles. The predicted molar refractivity (Wildman–Crippen MR) is 233 cm³/mol. The summed E-state index contributed by atoms with van der Waals surface area (Å²) >= 11 is 0. The van der Waals surface area contributed by atoms with E-state index in [0.29, 0.717) is 6.67 Å². The van der Waals surface area contributed by atoms with Crippen LogP contribution in [0.3, 0.4) is 0 Å². The fraction of sp³-hybridized carbons (Fsp3) is 0.200. The van der Waals surface area contributed by atoms with Gasteiger partial charge in [-0.3, -0.25) is 4.90 Å². The van der Waals surface area contributed by atoms with Gasteiger partial charge in [-0.25, -0.2) is 0 Å². The van der Waals surface area contributed by atoms with Crippen LogP contribution < -0.4 is 26.5 Å². The molecule has 0 unspecified atom stereocenters. The number of benzene rings is 2. The Kier molecular flexibility index (Phi) is 10.0. The number of para-hydroxylation sites is 1. The van der Waals surface area contributed by atoms with E-state index in [2.05, 4.69) is 174 Å². The molecule has 8 rings (SSSR count). The summed E-state index contributed by atoms with van der Waals surface area (Å²) in [6.07, 6.45) is 32.4. The lowest BCUT2D eigenvalue weighted by molar-refractivity contribution is 0.719. The maximum Gasteiger partial charge on any atom is 0.123 e. The highest BCUT2D eigenvalue weighted by atomic mass is 15.3. The van der Waals surface area contributed by atoms with Gasteiger partial charge in [0.25, 0.3) is 0 Å². The van der Waals surface area contributed by atoms with E-state index in [1.54, 1.807) is 0 Å². The summed E-state index contributed by atoms with van der Waals surface area (Å²) in [6.45, 7) is 16.3. The smallest absolute Gasteiger partial charge is 0.123 e. The zero-order valence-corrected chi connectivity index (χ0v) is 32.4.